The molecule has 20 heavy (non-hydrogen) atoms. The maximum Gasteiger partial charge on any atom is 0.307 e. The highest BCUT2D eigenvalue weighted by molar-refractivity contribution is 6.30. The molecule has 0 saturated heterocycles. The van der Waals surface area contributed by atoms with Crippen LogP contribution in [0.5, 0.6) is 5.75 Å². The Morgan fingerprint density at radius 2 is 2.05 bits per heavy atom. The first-order valence-electron chi connectivity index (χ1n) is 5.92. The predicted molar refractivity (Wildman–Crippen MR) is 73.5 cm³/mol. The van der Waals surface area contributed by atoms with E-state index < -0.39 is 11.8 Å². The SMILES string of the molecule is O=C(O)Cc1cccc(OCc2cc(Cl)ccc2F)c1. The van der Waals surface area contributed by atoms with Crippen LogP contribution in [0.2, 0.25) is 5.02 Å². The van der Waals surface area contributed by atoms with Crippen LogP contribution < -0.4 is 4.74 Å². The van der Waals surface area contributed by atoms with Crippen molar-refractivity contribution in [1.29, 1.82) is 0 Å². The first-order valence-corrected chi connectivity index (χ1v) is 6.30. The molecule has 0 aromatic heterocycles. The van der Waals surface area contributed by atoms with Crippen LogP contribution in [-0.4, -0.2) is 11.1 Å². The molecule has 0 spiro atoms. The maximum absolute atomic E-state index is 13.5. The molecule has 5 heteroatoms. The quantitative estimate of drug-likeness (QED) is 0.915. The molecule has 0 unspecified atom stereocenters. The van der Waals surface area contributed by atoms with Crippen LogP contribution in [0.3, 0.4) is 0 Å². The van der Waals surface area contributed by atoms with Gasteiger partial charge in [0.2, 0.25) is 0 Å². The van der Waals surface area contributed by atoms with Gasteiger partial charge in [-0.05, 0) is 35.9 Å². The van der Waals surface area contributed by atoms with E-state index in [-0.39, 0.29) is 13.0 Å². The molecular weight excluding hydrogens is 283 g/mol. The molecule has 3 nitrogen and oxygen atoms in total. The van der Waals surface area contributed by atoms with E-state index in [4.69, 9.17) is 21.4 Å². The molecule has 0 aliphatic heterocycles. The molecule has 0 heterocycles. The second kappa shape index (κ2) is 6.39. The molecule has 104 valence electrons. The highest BCUT2D eigenvalue weighted by atomic mass is 35.5. The Morgan fingerprint density at radius 3 is 2.80 bits per heavy atom. The van der Waals surface area contributed by atoms with Crippen LogP contribution in [0.1, 0.15) is 11.1 Å². The fourth-order valence-electron chi connectivity index (χ4n) is 1.73. The van der Waals surface area contributed by atoms with Crippen LogP contribution in [0, 0.1) is 5.82 Å². The maximum atomic E-state index is 13.5. The summed E-state index contributed by atoms with van der Waals surface area (Å²) in [4.78, 5) is 10.6. The Balaban J connectivity index is 2.07. The van der Waals surface area contributed by atoms with E-state index in [0.29, 0.717) is 21.9 Å². The normalized spacial score (nSPS) is 10.3. The van der Waals surface area contributed by atoms with Gasteiger partial charge >= 0.3 is 5.97 Å². The molecule has 0 aliphatic rings. The van der Waals surface area contributed by atoms with Gasteiger partial charge in [-0.1, -0.05) is 23.7 Å². The summed E-state index contributed by atoms with van der Waals surface area (Å²) in [6, 6.07) is 10.9. The smallest absolute Gasteiger partial charge is 0.307 e. The average molecular weight is 295 g/mol. The van der Waals surface area contributed by atoms with Gasteiger partial charge in [0.1, 0.15) is 18.2 Å². The summed E-state index contributed by atoms with van der Waals surface area (Å²) >= 11 is 5.79. The van der Waals surface area contributed by atoms with E-state index in [0.717, 1.165) is 0 Å². The number of rotatable bonds is 5. The van der Waals surface area contributed by atoms with Gasteiger partial charge in [-0.2, -0.15) is 0 Å². The van der Waals surface area contributed by atoms with E-state index >= 15 is 0 Å². The van der Waals surface area contributed by atoms with Crippen molar-refractivity contribution in [3.63, 3.8) is 0 Å². The van der Waals surface area contributed by atoms with Crippen LogP contribution in [-0.2, 0) is 17.8 Å². The zero-order valence-electron chi connectivity index (χ0n) is 10.5. The van der Waals surface area contributed by atoms with E-state index in [1.54, 1.807) is 24.3 Å². The molecule has 2 rings (SSSR count). The molecule has 1 N–H and O–H groups in total. The molecule has 0 bridgehead atoms. The molecule has 0 fully saturated rings. The highest BCUT2D eigenvalue weighted by Gasteiger charge is 2.06. The molecule has 0 atom stereocenters. The van der Waals surface area contributed by atoms with Crippen molar-refractivity contribution in [3.05, 3.63) is 64.4 Å². The molecule has 0 aliphatic carbocycles. The first kappa shape index (κ1) is 14.3. The summed E-state index contributed by atoms with van der Waals surface area (Å²) in [5, 5.41) is 9.16. The fraction of sp³-hybridized carbons (Fsp3) is 0.133. The van der Waals surface area contributed by atoms with Crippen molar-refractivity contribution in [3.8, 4) is 5.75 Å². The van der Waals surface area contributed by atoms with Crippen molar-refractivity contribution in [2.75, 3.05) is 0 Å². The fourth-order valence-corrected chi connectivity index (χ4v) is 1.93. The van der Waals surface area contributed by atoms with Gasteiger partial charge in [-0.15, -0.1) is 0 Å². The van der Waals surface area contributed by atoms with Crippen molar-refractivity contribution in [2.45, 2.75) is 13.0 Å². The summed E-state index contributed by atoms with van der Waals surface area (Å²) in [5.74, 6) is -0.817. The lowest BCUT2D eigenvalue weighted by Crippen LogP contribution is -2.01. The number of aliphatic carboxylic acids is 1. The largest absolute Gasteiger partial charge is 0.489 e. The zero-order valence-corrected chi connectivity index (χ0v) is 11.2. The van der Waals surface area contributed by atoms with Gasteiger partial charge in [0.25, 0.3) is 0 Å². The predicted octanol–water partition coefficient (Wildman–Crippen LogP) is 3.69. The third-order valence-corrected chi connectivity index (χ3v) is 2.89. The lowest BCUT2D eigenvalue weighted by atomic mass is 10.1. The standard InChI is InChI=1S/C15H12ClFO3/c16-12-4-5-14(17)11(8-12)9-20-13-3-1-2-10(6-13)7-15(18)19/h1-6,8H,7,9H2,(H,18,19). The zero-order chi connectivity index (χ0) is 14.5. The summed E-state index contributed by atoms with van der Waals surface area (Å²) in [7, 11) is 0. The van der Waals surface area contributed by atoms with Gasteiger partial charge in [-0.25, -0.2) is 4.39 Å². The van der Waals surface area contributed by atoms with Crippen molar-refractivity contribution < 1.29 is 19.0 Å². The number of carboxylic acid groups (broad SMARTS) is 1. The Labute approximate surface area is 120 Å². The minimum Gasteiger partial charge on any atom is -0.489 e. The third-order valence-electron chi connectivity index (χ3n) is 2.66. The van der Waals surface area contributed by atoms with E-state index in [9.17, 15) is 9.18 Å². The number of hydrogen-bond acceptors (Lipinski definition) is 2. The Hall–Kier alpha value is -2.07. The monoisotopic (exact) mass is 294 g/mol. The molecule has 0 saturated carbocycles. The second-order valence-electron chi connectivity index (χ2n) is 4.24. The minimum absolute atomic E-state index is 0.0307. The van der Waals surface area contributed by atoms with Gasteiger partial charge in [-0.3, -0.25) is 4.79 Å². The summed E-state index contributed by atoms with van der Waals surface area (Å²) in [5.41, 5.74) is 0.975. The summed E-state index contributed by atoms with van der Waals surface area (Å²) in [6.45, 7) is 0.0307. The number of carboxylic acids is 1. The topological polar surface area (TPSA) is 46.5 Å². The van der Waals surface area contributed by atoms with Crippen LogP contribution in [0.15, 0.2) is 42.5 Å². The lowest BCUT2D eigenvalue weighted by molar-refractivity contribution is -0.136. The van der Waals surface area contributed by atoms with Crippen LogP contribution in [0.4, 0.5) is 4.39 Å². The molecule has 2 aromatic carbocycles. The van der Waals surface area contributed by atoms with Crippen molar-refractivity contribution in [1.82, 2.24) is 0 Å². The van der Waals surface area contributed by atoms with E-state index in [1.807, 2.05) is 0 Å². The van der Waals surface area contributed by atoms with Crippen molar-refractivity contribution in [2.24, 2.45) is 0 Å². The van der Waals surface area contributed by atoms with Crippen LogP contribution >= 0.6 is 11.6 Å². The Morgan fingerprint density at radius 1 is 1.25 bits per heavy atom. The number of ether oxygens (including phenoxy) is 1. The number of halogens is 2. The number of hydrogen-bond donors (Lipinski definition) is 1. The summed E-state index contributed by atoms with van der Waals surface area (Å²) in [6.07, 6.45) is -0.0806. The number of benzene rings is 2. The number of carbonyl (C=O) groups is 1. The Kier molecular flexibility index (Phi) is 4.58. The van der Waals surface area contributed by atoms with Crippen LogP contribution in [0.25, 0.3) is 0 Å². The van der Waals surface area contributed by atoms with E-state index in [1.165, 1.54) is 18.2 Å². The highest BCUT2D eigenvalue weighted by Crippen LogP contribution is 2.19. The molecule has 0 amide bonds. The van der Waals surface area contributed by atoms with Crippen molar-refractivity contribution >= 4 is 17.6 Å². The summed E-state index contributed by atoms with van der Waals surface area (Å²) < 4.78 is 19.0. The lowest BCUT2D eigenvalue weighted by Gasteiger charge is -2.08. The van der Waals surface area contributed by atoms with Gasteiger partial charge in [0.05, 0.1) is 6.42 Å². The van der Waals surface area contributed by atoms with E-state index in [2.05, 4.69) is 0 Å². The van der Waals surface area contributed by atoms with Gasteiger partial charge < -0.3 is 9.84 Å². The third kappa shape index (κ3) is 3.96. The minimum atomic E-state index is -0.914. The molecule has 0 radical (unpaired) electrons. The second-order valence-corrected chi connectivity index (χ2v) is 4.68. The van der Waals surface area contributed by atoms with Gasteiger partial charge in [0, 0.05) is 10.6 Å². The average Bonchev–Trinajstić information content (AvgIpc) is 2.39. The Bertz CT molecular complexity index is 628. The first-order chi connectivity index (χ1) is 9.54. The molecular formula is C15H12ClFO3. The molecule has 2 aromatic rings. The van der Waals surface area contributed by atoms with Gasteiger partial charge in [0.15, 0.2) is 0 Å².